The lowest BCUT2D eigenvalue weighted by atomic mass is 10.3. The van der Waals surface area contributed by atoms with Crippen LogP contribution in [0.25, 0.3) is 0 Å². The van der Waals surface area contributed by atoms with E-state index in [0.29, 0.717) is 19.5 Å². The van der Waals surface area contributed by atoms with Crippen LogP contribution in [-0.4, -0.2) is 48.7 Å². The average Bonchev–Trinajstić information content (AvgIpc) is 2.13. The summed E-state index contributed by atoms with van der Waals surface area (Å²) in [6, 6.07) is 0.120. The second-order valence-corrected chi connectivity index (χ2v) is 3.22. The number of hydrogen-bond donors (Lipinski definition) is 2. The van der Waals surface area contributed by atoms with E-state index in [9.17, 15) is 4.79 Å². The van der Waals surface area contributed by atoms with Gasteiger partial charge in [-0.3, -0.25) is 4.79 Å². The Hall–Kier alpha value is -0.610. The smallest absolute Gasteiger partial charge is 0.221 e. The maximum absolute atomic E-state index is 11.1. The third kappa shape index (κ3) is 5.60. The van der Waals surface area contributed by atoms with Crippen molar-refractivity contribution in [3.8, 4) is 0 Å². The van der Waals surface area contributed by atoms with E-state index in [4.69, 9.17) is 5.11 Å². The predicted molar refractivity (Wildman–Crippen MR) is 52.5 cm³/mol. The van der Waals surface area contributed by atoms with Crippen molar-refractivity contribution in [2.24, 2.45) is 0 Å². The summed E-state index contributed by atoms with van der Waals surface area (Å²) in [6.45, 7) is 5.33. The third-order valence-corrected chi connectivity index (χ3v) is 2.08. The quantitative estimate of drug-likeness (QED) is 0.608. The van der Waals surface area contributed by atoms with Gasteiger partial charge in [-0.2, -0.15) is 0 Å². The molecule has 0 radical (unpaired) electrons. The fourth-order valence-electron chi connectivity index (χ4n) is 0.923. The van der Waals surface area contributed by atoms with Gasteiger partial charge in [0.25, 0.3) is 0 Å². The number of nitrogens with zero attached hydrogens (tertiary/aromatic N) is 1. The minimum atomic E-state index is 0.0690. The van der Waals surface area contributed by atoms with Crippen LogP contribution in [0.15, 0.2) is 0 Å². The van der Waals surface area contributed by atoms with Crippen LogP contribution < -0.4 is 5.32 Å². The Labute approximate surface area is 79.9 Å². The van der Waals surface area contributed by atoms with Crippen LogP contribution in [0.4, 0.5) is 0 Å². The Balaban J connectivity index is 3.57. The van der Waals surface area contributed by atoms with Crippen molar-refractivity contribution in [2.75, 3.05) is 26.7 Å². The number of aliphatic hydroxyl groups is 1. The molecule has 0 aliphatic carbocycles. The normalized spacial score (nSPS) is 13.0. The van der Waals surface area contributed by atoms with Crippen molar-refractivity contribution in [1.82, 2.24) is 10.2 Å². The van der Waals surface area contributed by atoms with Crippen molar-refractivity contribution in [3.63, 3.8) is 0 Å². The van der Waals surface area contributed by atoms with Gasteiger partial charge < -0.3 is 15.3 Å². The number of carbonyl (C=O) groups excluding carboxylic acids is 1. The van der Waals surface area contributed by atoms with Crippen molar-refractivity contribution in [2.45, 2.75) is 26.3 Å². The second-order valence-electron chi connectivity index (χ2n) is 3.22. The Morgan fingerprint density at radius 1 is 1.62 bits per heavy atom. The summed E-state index contributed by atoms with van der Waals surface area (Å²) in [4.78, 5) is 13.0. The Kier molecular flexibility index (Phi) is 6.54. The molecular weight excluding hydrogens is 168 g/mol. The van der Waals surface area contributed by atoms with Gasteiger partial charge in [0, 0.05) is 25.6 Å². The van der Waals surface area contributed by atoms with Crippen LogP contribution in [0.2, 0.25) is 0 Å². The molecule has 1 atom stereocenters. The van der Waals surface area contributed by atoms with Gasteiger partial charge in [0.05, 0.1) is 6.61 Å². The zero-order chi connectivity index (χ0) is 10.3. The zero-order valence-electron chi connectivity index (χ0n) is 8.71. The minimum absolute atomic E-state index is 0.0690. The summed E-state index contributed by atoms with van der Waals surface area (Å²) in [6.07, 6.45) is 0.495. The molecule has 0 aromatic rings. The highest BCUT2D eigenvalue weighted by Gasteiger charge is 2.08. The van der Waals surface area contributed by atoms with E-state index in [1.807, 2.05) is 25.8 Å². The molecular formula is C9H20N2O2. The van der Waals surface area contributed by atoms with Crippen molar-refractivity contribution in [3.05, 3.63) is 0 Å². The van der Waals surface area contributed by atoms with Gasteiger partial charge >= 0.3 is 0 Å². The summed E-state index contributed by atoms with van der Waals surface area (Å²) < 4.78 is 0. The van der Waals surface area contributed by atoms with E-state index < -0.39 is 0 Å². The number of hydrogen-bond acceptors (Lipinski definition) is 3. The van der Waals surface area contributed by atoms with Crippen molar-refractivity contribution < 1.29 is 9.90 Å². The second kappa shape index (κ2) is 6.86. The molecule has 1 unspecified atom stereocenters. The molecule has 4 heteroatoms. The molecule has 0 rings (SSSR count). The lowest BCUT2D eigenvalue weighted by Gasteiger charge is -2.22. The van der Waals surface area contributed by atoms with E-state index in [1.165, 1.54) is 0 Å². The van der Waals surface area contributed by atoms with Crippen molar-refractivity contribution >= 4 is 5.91 Å². The monoisotopic (exact) mass is 188 g/mol. The standard InChI is InChI=1S/C9H20N2O2/c1-4-10-9(13)5-6-11(3)8(2)7-12/h8,12H,4-7H2,1-3H3,(H,10,13). The Bertz CT molecular complexity index is 151. The number of nitrogens with one attached hydrogen (secondary N) is 1. The summed E-state index contributed by atoms with van der Waals surface area (Å²) in [5.74, 6) is 0.0690. The number of carbonyl (C=O) groups is 1. The van der Waals surface area contributed by atoms with Gasteiger partial charge in [0.15, 0.2) is 0 Å². The number of rotatable bonds is 6. The molecule has 4 nitrogen and oxygen atoms in total. The van der Waals surface area contributed by atoms with E-state index >= 15 is 0 Å². The summed E-state index contributed by atoms with van der Waals surface area (Å²) >= 11 is 0. The molecule has 1 amide bonds. The highest BCUT2D eigenvalue weighted by Crippen LogP contribution is 1.95. The van der Waals surface area contributed by atoms with Gasteiger partial charge in [-0.25, -0.2) is 0 Å². The average molecular weight is 188 g/mol. The van der Waals surface area contributed by atoms with Crippen LogP contribution in [0.3, 0.4) is 0 Å². The molecule has 0 saturated heterocycles. The number of aliphatic hydroxyl groups excluding tert-OH is 1. The molecule has 0 bridgehead atoms. The molecule has 13 heavy (non-hydrogen) atoms. The van der Waals surface area contributed by atoms with E-state index in [1.54, 1.807) is 0 Å². The molecule has 0 aromatic carbocycles. The summed E-state index contributed by atoms with van der Waals surface area (Å²) in [7, 11) is 1.90. The molecule has 0 spiro atoms. The van der Waals surface area contributed by atoms with Crippen LogP contribution in [0.5, 0.6) is 0 Å². The molecule has 0 heterocycles. The first-order valence-electron chi connectivity index (χ1n) is 4.69. The van der Waals surface area contributed by atoms with E-state index in [0.717, 1.165) is 0 Å². The van der Waals surface area contributed by atoms with Gasteiger partial charge in [-0.1, -0.05) is 0 Å². The molecule has 0 aromatic heterocycles. The minimum Gasteiger partial charge on any atom is -0.395 e. The summed E-state index contributed by atoms with van der Waals surface area (Å²) in [5, 5.41) is 11.6. The van der Waals surface area contributed by atoms with Crippen LogP contribution >= 0.6 is 0 Å². The molecule has 0 aliphatic heterocycles. The van der Waals surface area contributed by atoms with Crippen LogP contribution in [-0.2, 0) is 4.79 Å². The molecule has 0 aliphatic rings. The SMILES string of the molecule is CCNC(=O)CCN(C)C(C)CO. The topological polar surface area (TPSA) is 52.6 Å². The Morgan fingerprint density at radius 3 is 2.69 bits per heavy atom. The third-order valence-electron chi connectivity index (χ3n) is 2.08. The van der Waals surface area contributed by atoms with Crippen LogP contribution in [0, 0.1) is 0 Å². The lowest BCUT2D eigenvalue weighted by molar-refractivity contribution is -0.121. The predicted octanol–water partition coefficient (Wildman–Crippen LogP) is -0.175. The van der Waals surface area contributed by atoms with Crippen LogP contribution in [0.1, 0.15) is 20.3 Å². The highest BCUT2D eigenvalue weighted by atomic mass is 16.3. The summed E-state index contributed by atoms with van der Waals surface area (Å²) in [5.41, 5.74) is 0. The largest absolute Gasteiger partial charge is 0.395 e. The first-order valence-corrected chi connectivity index (χ1v) is 4.69. The number of amides is 1. The fourth-order valence-corrected chi connectivity index (χ4v) is 0.923. The lowest BCUT2D eigenvalue weighted by Crippen LogP contribution is -2.35. The fraction of sp³-hybridized carbons (Fsp3) is 0.889. The van der Waals surface area contributed by atoms with Gasteiger partial charge in [0.2, 0.25) is 5.91 Å². The molecule has 0 saturated carbocycles. The Morgan fingerprint density at radius 2 is 2.23 bits per heavy atom. The highest BCUT2D eigenvalue weighted by molar-refractivity contribution is 5.75. The maximum atomic E-state index is 11.1. The van der Waals surface area contributed by atoms with E-state index in [2.05, 4.69) is 5.32 Å². The zero-order valence-corrected chi connectivity index (χ0v) is 8.71. The first kappa shape index (κ1) is 12.4. The van der Waals surface area contributed by atoms with Crippen molar-refractivity contribution in [1.29, 1.82) is 0 Å². The maximum Gasteiger partial charge on any atom is 0.221 e. The molecule has 2 N–H and O–H groups in total. The molecule has 0 fully saturated rings. The van der Waals surface area contributed by atoms with Gasteiger partial charge in [0.1, 0.15) is 0 Å². The van der Waals surface area contributed by atoms with Gasteiger partial charge in [-0.15, -0.1) is 0 Å². The first-order chi connectivity index (χ1) is 6.11. The van der Waals surface area contributed by atoms with Gasteiger partial charge in [-0.05, 0) is 20.9 Å². The van der Waals surface area contributed by atoms with E-state index in [-0.39, 0.29) is 18.6 Å². The molecule has 78 valence electrons. The number of likely N-dealkylation sites (N-methyl/N-ethyl adjacent to an activating group) is 1.